The summed E-state index contributed by atoms with van der Waals surface area (Å²) in [5.41, 5.74) is 17.0. The van der Waals surface area contributed by atoms with Gasteiger partial charge in [-0.1, -0.05) is 0 Å². The van der Waals surface area contributed by atoms with Crippen LogP contribution >= 0.6 is 15.6 Å². The van der Waals surface area contributed by atoms with Crippen molar-refractivity contribution >= 4 is 49.7 Å². The number of nitrogens with two attached hydrogens (primary N) is 3. The quantitative estimate of drug-likeness (QED) is 0.116. The van der Waals surface area contributed by atoms with Crippen molar-refractivity contribution in [2.24, 2.45) is 11.7 Å². The number of aliphatic hydroxyl groups excluding tert-OH is 1. The van der Waals surface area contributed by atoms with E-state index < -0.39 is 83.3 Å². The molecule has 0 amide bonds. The minimum atomic E-state index is -5.02. The molecular formula is C22H29N11O12P2. The fraction of sp³-hybridized carbons (Fsp3) is 0.545. The highest BCUT2D eigenvalue weighted by Gasteiger charge is 2.54. The molecule has 0 radical (unpaired) electrons. The minimum Gasteiger partial charge on any atom is -0.386 e. The molecule has 10 N–H and O–H groups in total. The zero-order chi connectivity index (χ0) is 33.2. The first-order valence-corrected chi connectivity index (χ1v) is 17.0. The van der Waals surface area contributed by atoms with E-state index in [4.69, 9.17) is 44.8 Å². The number of phosphoric ester groups is 2. The Bertz CT molecular complexity index is 1970. The molecule has 7 rings (SSSR count). The van der Waals surface area contributed by atoms with Crippen LogP contribution in [0, 0.1) is 5.92 Å². The number of nitrogens with zero attached hydrogens (tertiary/aromatic N) is 7. The van der Waals surface area contributed by atoms with Gasteiger partial charge in [-0.25, -0.2) is 29.1 Å². The van der Waals surface area contributed by atoms with Crippen molar-refractivity contribution in [3.63, 3.8) is 0 Å². The molecule has 47 heavy (non-hydrogen) atoms. The molecule has 4 aromatic heterocycles. The van der Waals surface area contributed by atoms with Gasteiger partial charge in [-0.05, 0) is 13.0 Å². The van der Waals surface area contributed by atoms with Gasteiger partial charge < -0.3 is 41.6 Å². The number of anilines is 2. The normalized spacial score (nSPS) is 36.6. The molecule has 254 valence electrons. The average Bonchev–Trinajstić information content (AvgIpc) is 3.76. The minimum absolute atomic E-state index is 0.0369. The van der Waals surface area contributed by atoms with Crippen LogP contribution < -0.4 is 22.8 Å². The van der Waals surface area contributed by atoms with Crippen molar-refractivity contribution < 1.29 is 51.6 Å². The van der Waals surface area contributed by atoms with Crippen LogP contribution in [0.25, 0.3) is 22.3 Å². The molecule has 0 aliphatic carbocycles. The first-order chi connectivity index (χ1) is 22.4. The van der Waals surface area contributed by atoms with Gasteiger partial charge in [0.15, 0.2) is 35.1 Å². The lowest BCUT2D eigenvalue weighted by atomic mass is 9.94. The molecule has 2 bridgehead atoms. The second-order valence-electron chi connectivity index (χ2n) is 10.9. The van der Waals surface area contributed by atoms with Gasteiger partial charge in [0.05, 0.1) is 32.0 Å². The number of imidazole rings is 2. The third-order valence-corrected chi connectivity index (χ3v) is 9.97. The van der Waals surface area contributed by atoms with Crippen LogP contribution in [-0.4, -0.2) is 104 Å². The monoisotopic (exact) mass is 701 g/mol. The summed E-state index contributed by atoms with van der Waals surface area (Å²) >= 11 is 0. The summed E-state index contributed by atoms with van der Waals surface area (Å²) in [7, 11) is -10.0. The lowest BCUT2D eigenvalue weighted by Crippen LogP contribution is -2.36. The molecule has 3 fully saturated rings. The molecule has 3 saturated heterocycles. The molecule has 25 heteroatoms. The Hall–Kier alpha value is -3.44. The molecule has 0 saturated carbocycles. The predicted molar refractivity (Wildman–Crippen MR) is 155 cm³/mol. The smallest absolute Gasteiger partial charge is 0.386 e. The van der Waals surface area contributed by atoms with Crippen molar-refractivity contribution in [2.45, 2.75) is 49.4 Å². The zero-order valence-electron chi connectivity index (χ0n) is 24.0. The second kappa shape index (κ2) is 11.9. The number of rotatable bonds is 4. The van der Waals surface area contributed by atoms with E-state index in [9.17, 15) is 28.8 Å². The molecular weight excluding hydrogens is 672 g/mol. The standard InChI is InChI=1S/C22H29N11O12P2/c23-2-1-8-9-3-40-47(38,39)45-15-10(43-20(13(15)34)32-6-28-11-16(24)26-5-27-17(11)32)4-41-46(36,37)44-14(8)21(42-9)33-7-29-12-18(33)30-22(25)31-19(12)35/h5-10,13-15,20-21,34H,1-4,23H2,(H,36,37)(H,38,39)(H2,24,26,27)(H3,25,30,31,35)/t8?,9-,10-,13-,14-,15-,20-,21-/m1/s1. The fourth-order valence-corrected chi connectivity index (χ4v) is 7.87. The lowest BCUT2D eigenvalue weighted by molar-refractivity contribution is -0.0671. The van der Waals surface area contributed by atoms with E-state index in [0.717, 1.165) is 6.33 Å². The van der Waals surface area contributed by atoms with E-state index in [2.05, 4.69) is 29.9 Å². The third kappa shape index (κ3) is 5.83. The van der Waals surface area contributed by atoms with Gasteiger partial charge in [0, 0.05) is 5.92 Å². The Labute approximate surface area is 262 Å². The van der Waals surface area contributed by atoms with Crippen molar-refractivity contribution in [1.82, 2.24) is 39.0 Å². The number of nitrogens with one attached hydrogen (secondary N) is 1. The van der Waals surface area contributed by atoms with E-state index in [1.807, 2.05) is 0 Å². The maximum Gasteiger partial charge on any atom is 0.472 e. The number of H-pyrrole nitrogens is 1. The zero-order valence-corrected chi connectivity index (χ0v) is 25.7. The Balaban J connectivity index is 1.23. The first-order valence-electron chi connectivity index (χ1n) is 14.0. The van der Waals surface area contributed by atoms with Crippen LogP contribution in [0.2, 0.25) is 0 Å². The number of aromatic amines is 1. The molecule has 0 aromatic carbocycles. The number of fused-ring (bicyclic) bond motifs is 5. The maximum absolute atomic E-state index is 13.5. The SMILES string of the molecule is NCCC1[C@H]2OP(=O)(O)OC[C@H]3O[C@@H](n4cnc5c(N)ncnc54)[C@H](O)[C@@H]3OP(=O)(O)OC[C@H]1O[C@H]2n1cnc2c(=O)[nH]c(N)nc21. The Morgan fingerprint density at radius 3 is 2.26 bits per heavy atom. The number of aliphatic hydroxyl groups is 1. The van der Waals surface area contributed by atoms with E-state index in [-0.39, 0.29) is 47.1 Å². The van der Waals surface area contributed by atoms with E-state index in [1.165, 1.54) is 21.8 Å². The van der Waals surface area contributed by atoms with Gasteiger partial charge in [0.2, 0.25) is 5.95 Å². The molecule has 7 heterocycles. The molecule has 0 spiro atoms. The van der Waals surface area contributed by atoms with Gasteiger partial charge in [-0.3, -0.25) is 37.0 Å². The molecule has 4 aromatic rings. The van der Waals surface area contributed by atoms with Crippen molar-refractivity contribution in [3.8, 4) is 0 Å². The number of hydrogen-bond acceptors (Lipinski definition) is 18. The van der Waals surface area contributed by atoms with E-state index in [0.29, 0.717) is 0 Å². The van der Waals surface area contributed by atoms with Crippen LogP contribution in [-0.2, 0) is 36.7 Å². The van der Waals surface area contributed by atoms with Crippen LogP contribution in [0.5, 0.6) is 0 Å². The molecule has 3 unspecified atom stereocenters. The van der Waals surface area contributed by atoms with Gasteiger partial charge in [0.1, 0.15) is 36.3 Å². The summed E-state index contributed by atoms with van der Waals surface area (Å²) in [6, 6.07) is 0. The highest BCUT2D eigenvalue weighted by atomic mass is 31.2. The van der Waals surface area contributed by atoms with Crippen LogP contribution in [0.4, 0.5) is 11.8 Å². The topological polar surface area (TPSA) is 335 Å². The Morgan fingerprint density at radius 2 is 1.53 bits per heavy atom. The van der Waals surface area contributed by atoms with Crippen molar-refractivity contribution in [3.05, 3.63) is 29.3 Å². The summed E-state index contributed by atoms with van der Waals surface area (Å²) in [5.74, 6) is -1.02. The number of hydrogen-bond donors (Lipinski definition) is 7. The number of ether oxygens (including phenoxy) is 2. The fourth-order valence-electron chi connectivity index (χ4n) is 5.94. The molecule has 10 atom stereocenters. The summed E-state index contributed by atoms with van der Waals surface area (Å²) in [5, 5.41) is 11.2. The van der Waals surface area contributed by atoms with Gasteiger partial charge in [-0.15, -0.1) is 0 Å². The summed E-state index contributed by atoms with van der Waals surface area (Å²) in [4.78, 5) is 56.7. The summed E-state index contributed by atoms with van der Waals surface area (Å²) in [6.07, 6.45) is -6.07. The first kappa shape index (κ1) is 32.1. The largest absolute Gasteiger partial charge is 0.472 e. The van der Waals surface area contributed by atoms with Gasteiger partial charge >= 0.3 is 15.6 Å². The number of nitrogen functional groups attached to an aromatic ring is 2. The summed E-state index contributed by atoms with van der Waals surface area (Å²) < 4.78 is 63.0. The van der Waals surface area contributed by atoms with Crippen LogP contribution in [0.3, 0.4) is 0 Å². The summed E-state index contributed by atoms with van der Waals surface area (Å²) in [6.45, 7) is -1.34. The van der Waals surface area contributed by atoms with Crippen LogP contribution in [0.1, 0.15) is 18.9 Å². The second-order valence-corrected chi connectivity index (χ2v) is 13.7. The highest BCUT2D eigenvalue weighted by Crippen LogP contribution is 2.55. The van der Waals surface area contributed by atoms with Gasteiger partial charge in [-0.2, -0.15) is 4.98 Å². The van der Waals surface area contributed by atoms with Gasteiger partial charge in [0.25, 0.3) is 5.56 Å². The molecule has 23 nitrogen and oxygen atoms in total. The van der Waals surface area contributed by atoms with Crippen molar-refractivity contribution in [1.29, 1.82) is 0 Å². The Morgan fingerprint density at radius 1 is 0.894 bits per heavy atom. The maximum atomic E-state index is 13.5. The predicted octanol–water partition coefficient (Wildman–Crippen LogP) is -1.74. The average molecular weight is 701 g/mol. The molecule has 3 aliphatic rings. The van der Waals surface area contributed by atoms with E-state index >= 15 is 0 Å². The number of aromatic nitrogens is 8. The van der Waals surface area contributed by atoms with Crippen molar-refractivity contribution in [2.75, 3.05) is 31.2 Å². The number of phosphoric acid groups is 2. The highest BCUT2D eigenvalue weighted by molar-refractivity contribution is 7.47. The lowest BCUT2D eigenvalue weighted by Gasteiger charge is -2.26. The molecule has 3 aliphatic heterocycles. The van der Waals surface area contributed by atoms with E-state index in [1.54, 1.807) is 0 Å². The third-order valence-electron chi connectivity index (χ3n) is 8.00. The van der Waals surface area contributed by atoms with Crippen LogP contribution in [0.15, 0.2) is 23.8 Å². The Kier molecular flexibility index (Phi) is 8.14.